The average molecular weight is 292 g/mol. The second kappa shape index (κ2) is 7.08. The first-order valence-electron chi connectivity index (χ1n) is 6.56. The first-order valence-corrected chi connectivity index (χ1v) is 8.32. The van der Waals surface area contributed by atoms with Gasteiger partial charge in [0.2, 0.25) is 0 Å². The lowest BCUT2D eigenvalue weighted by Gasteiger charge is -2.24. The lowest BCUT2D eigenvalue weighted by molar-refractivity contribution is 0.548. The van der Waals surface area contributed by atoms with E-state index in [0.717, 1.165) is 10.9 Å². The largest absolute Gasteiger partial charge is 0.309 e. The predicted molar refractivity (Wildman–Crippen MR) is 85.0 cm³/mol. The number of hydrogen-bond acceptors (Lipinski definition) is 4. The summed E-state index contributed by atoms with van der Waals surface area (Å²) in [5.41, 5.74) is 2.66. The number of rotatable bonds is 6. The maximum absolute atomic E-state index is 4.36. The SMILES string of the molecule is CCNC(c1ccc(C)cc1)C(C)Sc1nccs1. The van der Waals surface area contributed by atoms with E-state index in [1.807, 2.05) is 23.3 Å². The van der Waals surface area contributed by atoms with Gasteiger partial charge in [-0.3, -0.25) is 0 Å². The molecule has 0 aliphatic rings. The molecule has 1 N–H and O–H groups in total. The van der Waals surface area contributed by atoms with Crippen LogP contribution in [0.15, 0.2) is 40.2 Å². The lowest BCUT2D eigenvalue weighted by atomic mass is 10.0. The second-order valence-corrected chi connectivity index (χ2v) is 7.09. The van der Waals surface area contributed by atoms with Gasteiger partial charge in [0.25, 0.3) is 0 Å². The summed E-state index contributed by atoms with van der Waals surface area (Å²) in [5.74, 6) is 0. The Balaban J connectivity index is 2.12. The number of nitrogens with zero attached hydrogens (tertiary/aromatic N) is 1. The third-order valence-corrected chi connectivity index (χ3v) is 5.12. The fourth-order valence-corrected chi connectivity index (χ4v) is 4.08. The van der Waals surface area contributed by atoms with Gasteiger partial charge in [-0.1, -0.05) is 55.4 Å². The van der Waals surface area contributed by atoms with Gasteiger partial charge in [0.15, 0.2) is 0 Å². The zero-order valence-corrected chi connectivity index (χ0v) is 13.2. The third-order valence-electron chi connectivity index (χ3n) is 3.03. The van der Waals surface area contributed by atoms with E-state index in [4.69, 9.17) is 0 Å². The first-order chi connectivity index (χ1) is 9.20. The minimum absolute atomic E-state index is 0.361. The first kappa shape index (κ1) is 14.6. The van der Waals surface area contributed by atoms with Crippen LogP contribution in [0.1, 0.15) is 31.0 Å². The average Bonchev–Trinajstić information content (AvgIpc) is 2.90. The molecule has 2 nitrogen and oxygen atoms in total. The molecule has 1 heterocycles. The topological polar surface area (TPSA) is 24.9 Å². The van der Waals surface area contributed by atoms with Crippen molar-refractivity contribution in [2.75, 3.05) is 6.54 Å². The van der Waals surface area contributed by atoms with E-state index in [1.54, 1.807) is 11.3 Å². The molecule has 2 atom stereocenters. The fraction of sp³-hybridized carbons (Fsp3) is 0.400. The third kappa shape index (κ3) is 4.06. The molecule has 1 aromatic carbocycles. The monoisotopic (exact) mass is 292 g/mol. The predicted octanol–water partition coefficient (Wildman–Crippen LogP) is 4.28. The molecule has 1 aromatic heterocycles. The van der Waals surface area contributed by atoms with Gasteiger partial charge in [0.1, 0.15) is 4.34 Å². The summed E-state index contributed by atoms with van der Waals surface area (Å²) >= 11 is 3.55. The van der Waals surface area contributed by atoms with Crippen molar-refractivity contribution in [1.82, 2.24) is 10.3 Å². The van der Waals surface area contributed by atoms with Crippen molar-refractivity contribution in [2.24, 2.45) is 0 Å². The van der Waals surface area contributed by atoms with E-state index in [1.165, 1.54) is 11.1 Å². The standard InChI is InChI=1S/C15H20N2S2/c1-4-16-14(13-7-5-11(2)6-8-13)12(3)19-15-17-9-10-18-15/h5-10,12,14,16H,4H2,1-3H3. The van der Waals surface area contributed by atoms with Crippen LogP contribution in [0.4, 0.5) is 0 Å². The van der Waals surface area contributed by atoms with Crippen LogP contribution in [0.2, 0.25) is 0 Å². The Morgan fingerprint density at radius 1 is 1.32 bits per heavy atom. The normalized spacial score (nSPS) is 14.3. The smallest absolute Gasteiger partial charge is 0.150 e. The molecule has 2 rings (SSSR count). The van der Waals surface area contributed by atoms with Gasteiger partial charge < -0.3 is 5.32 Å². The van der Waals surface area contributed by atoms with E-state index in [2.05, 4.69) is 55.3 Å². The maximum atomic E-state index is 4.36. The summed E-state index contributed by atoms with van der Waals surface area (Å²) in [6.07, 6.45) is 1.87. The van der Waals surface area contributed by atoms with Gasteiger partial charge in [-0.2, -0.15) is 0 Å². The van der Waals surface area contributed by atoms with E-state index in [0.29, 0.717) is 11.3 Å². The highest BCUT2D eigenvalue weighted by molar-refractivity contribution is 8.01. The molecule has 0 aliphatic carbocycles. The summed E-state index contributed by atoms with van der Waals surface area (Å²) in [5, 5.41) is 6.07. The molecular weight excluding hydrogens is 272 g/mol. The molecule has 0 amide bonds. The molecule has 0 spiro atoms. The van der Waals surface area contributed by atoms with Crippen LogP contribution < -0.4 is 5.32 Å². The Morgan fingerprint density at radius 2 is 2.05 bits per heavy atom. The van der Waals surface area contributed by atoms with E-state index in [-0.39, 0.29) is 0 Å². The molecule has 0 saturated carbocycles. The van der Waals surface area contributed by atoms with Gasteiger partial charge >= 0.3 is 0 Å². The van der Waals surface area contributed by atoms with Crippen LogP contribution in [0.3, 0.4) is 0 Å². The maximum Gasteiger partial charge on any atom is 0.150 e. The molecule has 19 heavy (non-hydrogen) atoms. The van der Waals surface area contributed by atoms with Gasteiger partial charge in [-0.25, -0.2) is 4.98 Å². The molecule has 0 aliphatic heterocycles. The summed E-state index contributed by atoms with van der Waals surface area (Å²) in [7, 11) is 0. The fourth-order valence-electron chi connectivity index (χ4n) is 2.04. The number of nitrogens with one attached hydrogen (secondary N) is 1. The summed E-state index contributed by atoms with van der Waals surface area (Å²) in [6.45, 7) is 7.52. The molecule has 102 valence electrons. The minimum atomic E-state index is 0.361. The van der Waals surface area contributed by atoms with Crippen LogP contribution in [-0.2, 0) is 0 Å². The molecule has 4 heteroatoms. The molecule has 2 unspecified atom stereocenters. The molecular formula is C15H20N2S2. The van der Waals surface area contributed by atoms with E-state index >= 15 is 0 Å². The zero-order chi connectivity index (χ0) is 13.7. The Labute approximate surface area is 123 Å². The minimum Gasteiger partial charge on any atom is -0.309 e. The Kier molecular flexibility index (Phi) is 5.43. The van der Waals surface area contributed by atoms with Crippen LogP contribution >= 0.6 is 23.1 Å². The van der Waals surface area contributed by atoms with Gasteiger partial charge in [-0.15, -0.1) is 11.3 Å². The molecule has 0 bridgehead atoms. The number of benzene rings is 1. The molecule has 0 radical (unpaired) electrons. The van der Waals surface area contributed by atoms with E-state index in [9.17, 15) is 0 Å². The Bertz CT molecular complexity index is 479. The number of hydrogen-bond donors (Lipinski definition) is 1. The van der Waals surface area contributed by atoms with Crippen molar-refractivity contribution in [3.8, 4) is 0 Å². The summed E-state index contributed by atoms with van der Waals surface area (Å²) in [4.78, 5) is 4.36. The van der Waals surface area contributed by atoms with Crippen LogP contribution in [0, 0.1) is 6.92 Å². The number of aromatic nitrogens is 1. The highest BCUT2D eigenvalue weighted by Crippen LogP contribution is 2.33. The number of aryl methyl sites for hydroxylation is 1. The lowest BCUT2D eigenvalue weighted by Crippen LogP contribution is -2.28. The number of thioether (sulfide) groups is 1. The van der Waals surface area contributed by atoms with Gasteiger partial charge in [0.05, 0.1) is 0 Å². The Hall–Kier alpha value is -0.840. The molecule has 0 fully saturated rings. The van der Waals surface area contributed by atoms with Crippen molar-refractivity contribution in [1.29, 1.82) is 0 Å². The zero-order valence-electron chi connectivity index (χ0n) is 11.6. The van der Waals surface area contributed by atoms with Crippen molar-refractivity contribution < 1.29 is 0 Å². The van der Waals surface area contributed by atoms with Gasteiger partial charge in [0, 0.05) is 22.9 Å². The van der Waals surface area contributed by atoms with Crippen LogP contribution in [-0.4, -0.2) is 16.8 Å². The van der Waals surface area contributed by atoms with Crippen LogP contribution in [0.25, 0.3) is 0 Å². The highest BCUT2D eigenvalue weighted by atomic mass is 32.2. The van der Waals surface area contributed by atoms with Crippen molar-refractivity contribution in [3.63, 3.8) is 0 Å². The second-order valence-electron chi connectivity index (χ2n) is 4.57. The van der Waals surface area contributed by atoms with E-state index < -0.39 is 0 Å². The van der Waals surface area contributed by atoms with Crippen molar-refractivity contribution >= 4 is 23.1 Å². The van der Waals surface area contributed by atoms with Gasteiger partial charge in [-0.05, 0) is 19.0 Å². The number of thiazole rings is 1. The van der Waals surface area contributed by atoms with Crippen molar-refractivity contribution in [2.45, 2.75) is 36.4 Å². The molecule has 0 saturated heterocycles. The molecule has 2 aromatic rings. The Morgan fingerprint density at radius 3 is 2.63 bits per heavy atom. The quantitative estimate of drug-likeness (QED) is 0.804. The summed E-state index contributed by atoms with van der Waals surface area (Å²) < 4.78 is 1.14. The summed E-state index contributed by atoms with van der Waals surface area (Å²) in [6, 6.07) is 9.17. The van der Waals surface area contributed by atoms with Crippen molar-refractivity contribution in [3.05, 3.63) is 47.0 Å². The van der Waals surface area contributed by atoms with Crippen LogP contribution in [0.5, 0.6) is 0 Å². The highest BCUT2D eigenvalue weighted by Gasteiger charge is 2.20.